The molecule has 2 saturated heterocycles. The number of piperidine rings is 1. The van der Waals surface area contributed by atoms with E-state index in [2.05, 4.69) is 25.4 Å². The highest BCUT2D eigenvalue weighted by Gasteiger charge is 2.26. The van der Waals surface area contributed by atoms with Crippen molar-refractivity contribution in [3.63, 3.8) is 0 Å². The Balaban J connectivity index is 1.17. The van der Waals surface area contributed by atoms with Crippen LogP contribution in [-0.2, 0) is 22.6 Å². The Morgan fingerprint density at radius 1 is 1.24 bits per heavy atom. The molecule has 8 heteroatoms. The lowest BCUT2D eigenvalue weighted by Gasteiger charge is -2.32. The lowest BCUT2D eigenvalue weighted by molar-refractivity contribution is 0.139. The summed E-state index contributed by atoms with van der Waals surface area (Å²) >= 11 is 0. The van der Waals surface area contributed by atoms with Crippen molar-refractivity contribution in [3.8, 4) is 0 Å². The van der Waals surface area contributed by atoms with Crippen LogP contribution in [0.3, 0.4) is 0 Å². The number of carbonyl (C=O) groups excluding carboxylic acids is 1. The Hall–Kier alpha value is -2.45. The molecule has 0 unspecified atom stereocenters. The number of benzene rings is 1. The van der Waals surface area contributed by atoms with E-state index in [9.17, 15) is 4.79 Å². The van der Waals surface area contributed by atoms with Gasteiger partial charge in [-0.2, -0.15) is 5.10 Å². The molecule has 8 nitrogen and oxygen atoms in total. The summed E-state index contributed by atoms with van der Waals surface area (Å²) < 4.78 is 10.7. The number of rotatable bonds is 7. The number of hydrogen-bond donors (Lipinski definition) is 2. The second-order valence-corrected chi connectivity index (χ2v) is 7.86. The van der Waals surface area contributed by atoms with Gasteiger partial charge in [-0.05, 0) is 43.8 Å². The third-order valence-corrected chi connectivity index (χ3v) is 5.66. The molecule has 0 bridgehead atoms. The number of amides is 1. The summed E-state index contributed by atoms with van der Waals surface area (Å²) in [7, 11) is 0. The van der Waals surface area contributed by atoms with Gasteiger partial charge in [0.1, 0.15) is 12.4 Å². The minimum Gasteiger partial charge on any atom is -0.445 e. The van der Waals surface area contributed by atoms with Crippen molar-refractivity contribution in [3.05, 3.63) is 47.5 Å². The van der Waals surface area contributed by atoms with Gasteiger partial charge in [0, 0.05) is 19.1 Å². The smallest absolute Gasteiger partial charge is 0.407 e. The van der Waals surface area contributed by atoms with Crippen molar-refractivity contribution in [2.75, 3.05) is 32.8 Å². The SMILES string of the molecule is O=C(NCc1nc(C2CCN(C[C@@H]3CCOC3)CC2)n[nH]1)OCc1ccccc1. The Bertz CT molecular complexity index is 768. The summed E-state index contributed by atoms with van der Waals surface area (Å²) in [5.41, 5.74) is 0.955. The predicted molar refractivity (Wildman–Crippen MR) is 107 cm³/mol. The van der Waals surface area contributed by atoms with Gasteiger partial charge in [0.25, 0.3) is 0 Å². The van der Waals surface area contributed by atoms with Crippen LogP contribution in [0.1, 0.15) is 42.4 Å². The van der Waals surface area contributed by atoms with Crippen LogP contribution in [-0.4, -0.2) is 59.0 Å². The lowest BCUT2D eigenvalue weighted by atomic mass is 9.95. The molecule has 29 heavy (non-hydrogen) atoms. The van der Waals surface area contributed by atoms with E-state index >= 15 is 0 Å². The highest BCUT2D eigenvalue weighted by molar-refractivity contribution is 5.67. The third kappa shape index (κ3) is 5.77. The number of ether oxygens (including phenoxy) is 2. The second-order valence-electron chi connectivity index (χ2n) is 7.86. The van der Waals surface area contributed by atoms with Gasteiger partial charge in [-0.15, -0.1) is 0 Å². The number of aromatic amines is 1. The van der Waals surface area contributed by atoms with Gasteiger partial charge in [0.05, 0.1) is 13.2 Å². The van der Waals surface area contributed by atoms with Crippen molar-refractivity contribution in [2.24, 2.45) is 5.92 Å². The molecule has 2 aromatic rings. The number of nitrogens with zero attached hydrogens (tertiary/aromatic N) is 3. The zero-order valence-corrected chi connectivity index (χ0v) is 16.7. The van der Waals surface area contributed by atoms with Gasteiger partial charge in [0.2, 0.25) is 0 Å². The minimum absolute atomic E-state index is 0.250. The van der Waals surface area contributed by atoms with E-state index in [1.165, 1.54) is 6.42 Å². The molecule has 1 aromatic carbocycles. The molecule has 1 atom stereocenters. The van der Waals surface area contributed by atoms with Gasteiger partial charge < -0.3 is 19.7 Å². The quantitative estimate of drug-likeness (QED) is 0.743. The maximum Gasteiger partial charge on any atom is 0.407 e. The fraction of sp³-hybridized carbons (Fsp3) is 0.571. The van der Waals surface area contributed by atoms with Gasteiger partial charge in [-0.1, -0.05) is 30.3 Å². The first kappa shape index (κ1) is 19.8. The fourth-order valence-electron chi connectivity index (χ4n) is 3.97. The van der Waals surface area contributed by atoms with E-state index in [4.69, 9.17) is 9.47 Å². The highest BCUT2D eigenvalue weighted by atomic mass is 16.5. The molecule has 1 aromatic heterocycles. The van der Waals surface area contributed by atoms with Crippen molar-refractivity contribution in [2.45, 2.75) is 38.3 Å². The first-order valence-corrected chi connectivity index (χ1v) is 10.4. The van der Waals surface area contributed by atoms with E-state index in [-0.39, 0.29) is 13.2 Å². The van der Waals surface area contributed by atoms with Crippen molar-refractivity contribution >= 4 is 6.09 Å². The van der Waals surface area contributed by atoms with Crippen LogP contribution in [0.4, 0.5) is 4.79 Å². The predicted octanol–water partition coefficient (Wildman–Crippen LogP) is 2.45. The molecule has 2 aliphatic heterocycles. The molecule has 0 saturated carbocycles. The van der Waals surface area contributed by atoms with Crippen LogP contribution < -0.4 is 5.32 Å². The standard InChI is InChI=1S/C21H29N5O3/c27-21(29-15-16-4-2-1-3-5-16)22-12-19-23-20(25-24-19)18-6-9-26(10-7-18)13-17-8-11-28-14-17/h1-5,17-18H,6-15H2,(H,22,27)(H,23,24,25)/t17-/m0/s1. The molecule has 0 aliphatic carbocycles. The number of carbonyl (C=O) groups is 1. The summed E-state index contributed by atoms with van der Waals surface area (Å²) in [6, 6.07) is 9.60. The number of nitrogens with one attached hydrogen (secondary N) is 2. The molecule has 2 N–H and O–H groups in total. The molecule has 2 aliphatic rings. The largest absolute Gasteiger partial charge is 0.445 e. The summed E-state index contributed by atoms with van der Waals surface area (Å²) in [4.78, 5) is 19.0. The van der Waals surface area contributed by atoms with E-state index in [1.807, 2.05) is 30.3 Å². The number of H-pyrrole nitrogens is 1. The average molecular weight is 399 g/mol. The average Bonchev–Trinajstić information content (AvgIpc) is 3.44. The number of aromatic nitrogens is 3. The molecular weight excluding hydrogens is 370 g/mol. The highest BCUT2D eigenvalue weighted by Crippen LogP contribution is 2.26. The maximum absolute atomic E-state index is 11.9. The number of alkyl carbamates (subject to hydrolysis) is 1. The lowest BCUT2D eigenvalue weighted by Crippen LogP contribution is -2.37. The van der Waals surface area contributed by atoms with E-state index in [1.54, 1.807) is 0 Å². The first-order valence-electron chi connectivity index (χ1n) is 10.4. The van der Waals surface area contributed by atoms with Crippen molar-refractivity contribution in [1.29, 1.82) is 0 Å². The Morgan fingerprint density at radius 3 is 2.83 bits per heavy atom. The van der Waals surface area contributed by atoms with E-state index < -0.39 is 6.09 Å². The van der Waals surface area contributed by atoms with Crippen LogP contribution in [0.5, 0.6) is 0 Å². The number of hydrogen-bond acceptors (Lipinski definition) is 6. The van der Waals surface area contributed by atoms with Gasteiger partial charge in [-0.3, -0.25) is 5.10 Å². The molecule has 0 spiro atoms. The van der Waals surface area contributed by atoms with Gasteiger partial charge >= 0.3 is 6.09 Å². The Morgan fingerprint density at radius 2 is 2.07 bits per heavy atom. The van der Waals surface area contributed by atoms with Crippen LogP contribution in [0.25, 0.3) is 0 Å². The molecule has 0 radical (unpaired) electrons. The molecule has 2 fully saturated rings. The van der Waals surface area contributed by atoms with Crippen LogP contribution in [0.15, 0.2) is 30.3 Å². The fourth-order valence-corrected chi connectivity index (χ4v) is 3.97. The third-order valence-electron chi connectivity index (χ3n) is 5.66. The van der Waals surface area contributed by atoms with Crippen LogP contribution in [0.2, 0.25) is 0 Å². The molecule has 4 rings (SSSR count). The molecule has 3 heterocycles. The second kappa shape index (κ2) is 9.84. The summed E-state index contributed by atoms with van der Waals surface area (Å²) in [6.07, 6.45) is 2.86. The zero-order valence-electron chi connectivity index (χ0n) is 16.7. The Labute approximate surface area is 171 Å². The summed E-state index contributed by atoms with van der Waals surface area (Å²) in [5.74, 6) is 2.57. The van der Waals surface area contributed by atoms with Crippen molar-refractivity contribution in [1.82, 2.24) is 25.4 Å². The minimum atomic E-state index is -0.462. The first-order chi connectivity index (χ1) is 14.3. The molecular formula is C21H29N5O3. The Kier molecular flexibility index (Phi) is 6.74. The maximum atomic E-state index is 11.9. The van der Waals surface area contributed by atoms with Crippen LogP contribution in [0, 0.1) is 5.92 Å². The van der Waals surface area contributed by atoms with Gasteiger partial charge in [0.15, 0.2) is 5.82 Å². The van der Waals surface area contributed by atoms with E-state index in [0.717, 1.165) is 57.1 Å². The number of likely N-dealkylation sites (tertiary alicyclic amines) is 1. The van der Waals surface area contributed by atoms with E-state index in [0.29, 0.717) is 17.7 Å². The van der Waals surface area contributed by atoms with Crippen molar-refractivity contribution < 1.29 is 14.3 Å². The topological polar surface area (TPSA) is 92.4 Å². The van der Waals surface area contributed by atoms with Gasteiger partial charge in [-0.25, -0.2) is 9.78 Å². The molecule has 1 amide bonds. The van der Waals surface area contributed by atoms with Crippen LogP contribution >= 0.6 is 0 Å². The normalized spacial score (nSPS) is 20.6. The zero-order chi connectivity index (χ0) is 19.9. The molecule has 156 valence electrons. The summed E-state index contributed by atoms with van der Waals surface area (Å²) in [5, 5.41) is 10.0. The summed E-state index contributed by atoms with van der Waals surface area (Å²) in [6.45, 7) is 5.64. The monoisotopic (exact) mass is 399 g/mol.